The first kappa shape index (κ1) is 19.5. The van der Waals surface area contributed by atoms with Gasteiger partial charge in [-0.05, 0) is 48.7 Å². The molecule has 2 aromatic rings. The molecule has 1 fully saturated rings. The van der Waals surface area contributed by atoms with Crippen LogP contribution in [0, 0.1) is 19.7 Å². The SMILES string of the molecule is Cc1ccc(C)c(NC(=O)CN2CCN(Cc3ccc(F)cc3)C(=O)C2=O)c1. The van der Waals surface area contributed by atoms with Gasteiger partial charge in [0.2, 0.25) is 5.91 Å². The number of amides is 3. The van der Waals surface area contributed by atoms with E-state index in [-0.39, 0.29) is 31.4 Å². The van der Waals surface area contributed by atoms with Gasteiger partial charge in [0.25, 0.3) is 0 Å². The summed E-state index contributed by atoms with van der Waals surface area (Å²) in [5.74, 6) is -2.06. The van der Waals surface area contributed by atoms with Gasteiger partial charge in [-0.3, -0.25) is 14.4 Å². The van der Waals surface area contributed by atoms with Gasteiger partial charge in [-0.2, -0.15) is 0 Å². The number of hydrogen-bond donors (Lipinski definition) is 1. The van der Waals surface area contributed by atoms with Gasteiger partial charge in [-0.1, -0.05) is 24.3 Å². The van der Waals surface area contributed by atoms with Crippen LogP contribution >= 0.6 is 0 Å². The highest BCUT2D eigenvalue weighted by atomic mass is 19.1. The standard InChI is InChI=1S/C21H22FN3O3/c1-14-3-4-15(2)18(11-14)23-19(26)13-25-10-9-24(20(27)21(25)28)12-16-5-7-17(22)8-6-16/h3-8,11H,9-10,12-13H2,1-2H3,(H,23,26). The van der Waals surface area contributed by atoms with E-state index in [1.807, 2.05) is 32.0 Å². The molecule has 6 nitrogen and oxygen atoms in total. The molecule has 0 aromatic heterocycles. The van der Waals surface area contributed by atoms with Crippen molar-refractivity contribution in [2.24, 2.45) is 0 Å². The Hall–Kier alpha value is -3.22. The molecule has 0 radical (unpaired) electrons. The van der Waals surface area contributed by atoms with Crippen LogP contribution in [0.1, 0.15) is 16.7 Å². The quantitative estimate of drug-likeness (QED) is 0.805. The van der Waals surface area contributed by atoms with Gasteiger partial charge in [0.1, 0.15) is 12.4 Å². The first-order valence-corrected chi connectivity index (χ1v) is 9.03. The first-order valence-electron chi connectivity index (χ1n) is 9.03. The Morgan fingerprint density at radius 2 is 1.64 bits per heavy atom. The molecule has 1 N–H and O–H groups in total. The maximum absolute atomic E-state index is 13.0. The highest BCUT2D eigenvalue weighted by molar-refractivity contribution is 6.35. The molecule has 146 valence electrons. The van der Waals surface area contributed by atoms with Gasteiger partial charge >= 0.3 is 11.8 Å². The van der Waals surface area contributed by atoms with E-state index in [0.29, 0.717) is 12.2 Å². The average Bonchev–Trinajstić information content (AvgIpc) is 2.66. The van der Waals surface area contributed by atoms with Crippen molar-refractivity contribution < 1.29 is 18.8 Å². The second kappa shape index (κ2) is 8.21. The van der Waals surface area contributed by atoms with Crippen LogP contribution in [0.3, 0.4) is 0 Å². The van der Waals surface area contributed by atoms with Crippen LogP contribution in [0.25, 0.3) is 0 Å². The smallest absolute Gasteiger partial charge is 0.312 e. The van der Waals surface area contributed by atoms with E-state index in [1.165, 1.54) is 21.9 Å². The van der Waals surface area contributed by atoms with Crippen LogP contribution in [-0.2, 0) is 20.9 Å². The molecule has 1 saturated heterocycles. The number of carbonyl (C=O) groups is 3. The number of anilines is 1. The van der Waals surface area contributed by atoms with E-state index in [1.54, 1.807) is 12.1 Å². The van der Waals surface area contributed by atoms with Crippen molar-refractivity contribution in [1.82, 2.24) is 9.80 Å². The topological polar surface area (TPSA) is 69.7 Å². The van der Waals surface area contributed by atoms with Crippen molar-refractivity contribution in [3.05, 3.63) is 65.0 Å². The largest absolute Gasteiger partial charge is 0.328 e. The Kier molecular flexibility index (Phi) is 5.73. The summed E-state index contributed by atoms with van der Waals surface area (Å²) in [7, 11) is 0. The fourth-order valence-corrected chi connectivity index (χ4v) is 3.06. The number of aryl methyl sites for hydroxylation is 2. The molecule has 3 amide bonds. The van der Waals surface area contributed by atoms with Crippen molar-refractivity contribution >= 4 is 23.4 Å². The number of benzene rings is 2. The number of halogens is 1. The van der Waals surface area contributed by atoms with E-state index in [2.05, 4.69) is 5.32 Å². The summed E-state index contributed by atoms with van der Waals surface area (Å²) in [4.78, 5) is 39.8. The zero-order valence-corrected chi connectivity index (χ0v) is 15.9. The Balaban J connectivity index is 1.59. The number of carbonyl (C=O) groups excluding carboxylic acids is 3. The molecule has 7 heteroatoms. The predicted molar refractivity (Wildman–Crippen MR) is 103 cm³/mol. The van der Waals surface area contributed by atoms with Crippen molar-refractivity contribution in [2.45, 2.75) is 20.4 Å². The minimum Gasteiger partial charge on any atom is -0.328 e. The lowest BCUT2D eigenvalue weighted by Crippen LogP contribution is -2.55. The first-order chi connectivity index (χ1) is 13.3. The minimum atomic E-state index is -0.704. The number of nitrogens with zero attached hydrogens (tertiary/aromatic N) is 2. The summed E-state index contributed by atoms with van der Waals surface area (Å²) in [5.41, 5.74) is 3.37. The molecular weight excluding hydrogens is 361 g/mol. The van der Waals surface area contributed by atoms with Crippen molar-refractivity contribution in [3.8, 4) is 0 Å². The summed E-state index contributed by atoms with van der Waals surface area (Å²) in [6.07, 6.45) is 0. The van der Waals surface area contributed by atoms with Crippen LogP contribution in [0.15, 0.2) is 42.5 Å². The van der Waals surface area contributed by atoms with Gasteiger partial charge in [0, 0.05) is 25.3 Å². The molecular formula is C21H22FN3O3. The van der Waals surface area contributed by atoms with Gasteiger partial charge in [-0.15, -0.1) is 0 Å². The van der Waals surface area contributed by atoms with E-state index < -0.39 is 11.8 Å². The molecule has 0 aliphatic carbocycles. The Morgan fingerprint density at radius 1 is 1.00 bits per heavy atom. The number of rotatable bonds is 5. The molecule has 28 heavy (non-hydrogen) atoms. The molecule has 1 aliphatic heterocycles. The van der Waals surface area contributed by atoms with Gasteiger partial charge in [0.05, 0.1) is 0 Å². The highest BCUT2D eigenvalue weighted by Crippen LogP contribution is 2.17. The van der Waals surface area contributed by atoms with Crippen LogP contribution in [-0.4, -0.2) is 47.2 Å². The number of piperazine rings is 1. The van der Waals surface area contributed by atoms with Crippen LogP contribution < -0.4 is 5.32 Å². The van der Waals surface area contributed by atoms with E-state index >= 15 is 0 Å². The second-order valence-corrected chi connectivity index (χ2v) is 6.95. The predicted octanol–water partition coefficient (Wildman–Crippen LogP) is 2.25. The molecule has 0 saturated carbocycles. The van der Waals surface area contributed by atoms with E-state index in [9.17, 15) is 18.8 Å². The maximum atomic E-state index is 13.0. The molecule has 1 aliphatic rings. The maximum Gasteiger partial charge on any atom is 0.312 e. The summed E-state index contributed by atoms with van der Waals surface area (Å²) >= 11 is 0. The highest BCUT2D eigenvalue weighted by Gasteiger charge is 2.33. The summed E-state index contributed by atoms with van der Waals surface area (Å²) in [6.45, 7) is 4.45. The second-order valence-electron chi connectivity index (χ2n) is 6.95. The number of hydrogen-bond acceptors (Lipinski definition) is 3. The van der Waals surface area contributed by atoms with E-state index in [4.69, 9.17) is 0 Å². The Bertz CT molecular complexity index is 912. The minimum absolute atomic E-state index is 0.178. The third-order valence-electron chi connectivity index (χ3n) is 4.69. The molecule has 0 atom stereocenters. The van der Waals surface area contributed by atoms with Gasteiger partial charge in [-0.25, -0.2) is 4.39 Å². The van der Waals surface area contributed by atoms with Crippen LogP contribution in [0.2, 0.25) is 0 Å². The molecule has 0 bridgehead atoms. The molecule has 0 spiro atoms. The van der Waals surface area contributed by atoms with Crippen molar-refractivity contribution in [1.29, 1.82) is 0 Å². The molecule has 1 heterocycles. The fourth-order valence-electron chi connectivity index (χ4n) is 3.06. The van der Waals surface area contributed by atoms with Gasteiger partial charge < -0.3 is 15.1 Å². The lowest BCUT2D eigenvalue weighted by molar-refractivity contribution is -0.157. The monoisotopic (exact) mass is 383 g/mol. The summed E-state index contributed by atoms with van der Waals surface area (Å²) < 4.78 is 13.0. The summed E-state index contributed by atoms with van der Waals surface area (Å²) in [6, 6.07) is 11.5. The van der Waals surface area contributed by atoms with Crippen LogP contribution in [0.5, 0.6) is 0 Å². The summed E-state index contributed by atoms with van der Waals surface area (Å²) in [5, 5.41) is 2.80. The normalized spacial score (nSPS) is 14.4. The van der Waals surface area contributed by atoms with Crippen LogP contribution in [0.4, 0.5) is 10.1 Å². The zero-order valence-electron chi connectivity index (χ0n) is 15.9. The lowest BCUT2D eigenvalue weighted by Gasteiger charge is -2.33. The fraction of sp³-hybridized carbons (Fsp3) is 0.286. The van der Waals surface area contributed by atoms with Crippen molar-refractivity contribution in [3.63, 3.8) is 0 Å². The third-order valence-corrected chi connectivity index (χ3v) is 4.69. The number of nitrogens with one attached hydrogen (secondary N) is 1. The van der Waals surface area contributed by atoms with E-state index in [0.717, 1.165) is 16.7 Å². The Labute approximate surface area is 162 Å². The zero-order chi connectivity index (χ0) is 20.3. The Morgan fingerprint density at radius 3 is 2.36 bits per heavy atom. The molecule has 2 aromatic carbocycles. The average molecular weight is 383 g/mol. The molecule has 3 rings (SSSR count). The van der Waals surface area contributed by atoms with Gasteiger partial charge in [0.15, 0.2) is 0 Å². The van der Waals surface area contributed by atoms with Crippen molar-refractivity contribution in [2.75, 3.05) is 25.0 Å². The molecule has 0 unspecified atom stereocenters. The lowest BCUT2D eigenvalue weighted by atomic mass is 10.1. The third kappa shape index (κ3) is 4.54.